The predicted octanol–water partition coefficient (Wildman–Crippen LogP) is 2.99. The topological polar surface area (TPSA) is 20.3 Å². The number of amides is 1. The molecule has 0 N–H and O–H groups in total. The lowest BCUT2D eigenvalue weighted by Gasteiger charge is -2.48. The van der Waals surface area contributed by atoms with Crippen LogP contribution >= 0.6 is 0 Å². The van der Waals surface area contributed by atoms with E-state index >= 15 is 0 Å². The summed E-state index contributed by atoms with van der Waals surface area (Å²) in [6, 6.07) is 0.510. The molecule has 1 saturated carbocycles. The molecule has 0 aromatic heterocycles. The van der Waals surface area contributed by atoms with Crippen LogP contribution in [0.4, 0.5) is 0 Å². The van der Waals surface area contributed by atoms with Gasteiger partial charge in [-0.1, -0.05) is 12.2 Å². The quantitative estimate of drug-likeness (QED) is 0.656. The fraction of sp³-hybridized carbons (Fsp3) is 0.786. The molecular weight excluding hydrogens is 198 g/mol. The molecule has 16 heavy (non-hydrogen) atoms. The Morgan fingerprint density at radius 3 is 2.19 bits per heavy atom. The van der Waals surface area contributed by atoms with Crippen molar-refractivity contribution in [3.63, 3.8) is 0 Å². The molecule has 3 aliphatic rings. The van der Waals surface area contributed by atoms with Gasteiger partial charge in [0.2, 0.25) is 5.91 Å². The molecule has 0 spiro atoms. The summed E-state index contributed by atoms with van der Waals surface area (Å²) in [6.45, 7) is 10.9. The highest BCUT2D eigenvalue weighted by Gasteiger charge is 2.41. The molecule has 3 rings (SSSR count). The van der Waals surface area contributed by atoms with E-state index in [0.29, 0.717) is 6.04 Å². The lowest BCUT2D eigenvalue weighted by atomic mass is 9.77. The van der Waals surface area contributed by atoms with E-state index in [2.05, 4.69) is 11.5 Å². The molecule has 0 unspecified atom stereocenters. The van der Waals surface area contributed by atoms with E-state index in [-0.39, 0.29) is 5.91 Å². The minimum absolute atomic E-state index is 0.286. The maximum absolute atomic E-state index is 12.5. The molecule has 0 aromatic rings. The summed E-state index contributed by atoms with van der Waals surface area (Å²) in [5, 5.41) is 0. The summed E-state index contributed by atoms with van der Waals surface area (Å²) < 4.78 is 0. The first-order valence-electron chi connectivity index (χ1n) is 6.40. The van der Waals surface area contributed by atoms with Gasteiger partial charge in [-0.15, -0.1) is 0 Å². The first-order chi connectivity index (χ1) is 7.43. The minimum atomic E-state index is -0.391. The van der Waals surface area contributed by atoms with Crippen LogP contribution in [0.2, 0.25) is 0 Å². The molecule has 2 aliphatic heterocycles. The first kappa shape index (κ1) is 11.7. The van der Waals surface area contributed by atoms with Gasteiger partial charge in [0.05, 0.1) is 5.41 Å². The van der Waals surface area contributed by atoms with E-state index in [1.54, 1.807) is 0 Å². The fourth-order valence-corrected chi connectivity index (χ4v) is 2.86. The van der Waals surface area contributed by atoms with Gasteiger partial charge in [-0.25, -0.2) is 0 Å². The van der Waals surface area contributed by atoms with E-state index in [1.807, 2.05) is 20.8 Å². The van der Waals surface area contributed by atoms with Crippen molar-refractivity contribution in [1.29, 1.82) is 0 Å². The van der Waals surface area contributed by atoms with Gasteiger partial charge in [0.1, 0.15) is 0 Å². The van der Waals surface area contributed by atoms with Gasteiger partial charge in [-0.2, -0.15) is 0 Å². The number of carbonyl (C=O) groups is 1. The van der Waals surface area contributed by atoms with Gasteiger partial charge < -0.3 is 4.90 Å². The molecule has 2 heterocycles. The summed E-state index contributed by atoms with van der Waals surface area (Å²) in [4.78, 5) is 14.6. The largest absolute Gasteiger partial charge is 0.339 e. The highest BCUT2D eigenvalue weighted by atomic mass is 16.2. The maximum atomic E-state index is 12.5. The van der Waals surface area contributed by atoms with Gasteiger partial charge in [-0.3, -0.25) is 4.79 Å². The van der Waals surface area contributed by atoms with E-state index in [9.17, 15) is 4.79 Å². The van der Waals surface area contributed by atoms with Gasteiger partial charge in [0.25, 0.3) is 0 Å². The van der Waals surface area contributed by atoms with Crippen molar-refractivity contribution in [2.45, 2.75) is 52.5 Å². The van der Waals surface area contributed by atoms with Crippen molar-refractivity contribution in [3.05, 3.63) is 12.2 Å². The normalized spacial score (nSPS) is 29.3. The molecule has 90 valence electrons. The standard InChI is InChI=1S/C14H23NO/c1-10(2)14(3,4)13(16)15-9-11-5-7-12(15)8-6-11/h11-12H,1,5-9H2,2-4H3. The molecule has 2 saturated heterocycles. The third kappa shape index (κ3) is 1.79. The number of carbonyl (C=O) groups excluding carboxylic acids is 1. The second kappa shape index (κ2) is 3.90. The monoisotopic (exact) mass is 221 g/mol. The third-order valence-corrected chi connectivity index (χ3v) is 4.57. The lowest BCUT2D eigenvalue weighted by Crippen LogP contribution is -2.54. The number of rotatable bonds is 2. The van der Waals surface area contributed by atoms with E-state index in [1.165, 1.54) is 25.7 Å². The Morgan fingerprint density at radius 2 is 1.81 bits per heavy atom. The number of piperidine rings is 2. The molecule has 1 aliphatic carbocycles. The third-order valence-electron chi connectivity index (χ3n) is 4.57. The molecule has 2 nitrogen and oxygen atoms in total. The SMILES string of the molecule is C=C(C)C(C)(C)C(=O)N1CC2CCC1CC2. The highest BCUT2D eigenvalue weighted by molar-refractivity contribution is 5.85. The molecule has 2 bridgehead atoms. The second-order valence-electron chi connectivity index (χ2n) is 6.04. The Bertz CT molecular complexity index is 311. The van der Waals surface area contributed by atoms with Gasteiger partial charge >= 0.3 is 0 Å². The minimum Gasteiger partial charge on any atom is -0.339 e. The van der Waals surface area contributed by atoms with E-state index in [4.69, 9.17) is 0 Å². The Balaban J connectivity index is 2.14. The predicted molar refractivity (Wildman–Crippen MR) is 66.1 cm³/mol. The average Bonchev–Trinajstić information content (AvgIpc) is 2.29. The highest BCUT2D eigenvalue weighted by Crippen LogP contribution is 2.38. The summed E-state index contributed by atoms with van der Waals surface area (Å²) in [5.41, 5.74) is 0.580. The zero-order valence-electron chi connectivity index (χ0n) is 10.8. The molecule has 0 aromatic carbocycles. The van der Waals surface area contributed by atoms with Crippen molar-refractivity contribution in [1.82, 2.24) is 4.90 Å². The molecular formula is C14H23NO. The molecule has 2 heteroatoms. The van der Waals surface area contributed by atoms with Crippen LogP contribution in [0.1, 0.15) is 46.5 Å². The van der Waals surface area contributed by atoms with Crippen LogP contribution < -0.4 is 0 Å². The summed E-state index contributed by atoms with van der Waals surface area (Å²) in [7, 11) is 0. The van der Waals surface area contributed by atoms with Crippen LogP contribution in [0.15, 0.2) is 12.2 Å². The average molecular weight is 221 g/mol. The van der Waals surface area contributed by atoms with Gasteiger partial charge in [0, 0.05) is 12.6 Å². The van der Waals surface area contributed by atoms with Crippen LogP contribution in [0.25, 0.3) is 0 Å². The van der Waals surface area contributed by atoms with Crippen molar-refractivity contribution in [2.75, 3.05) is 6.54 Å². The van der Waals surface area contributed by atoms with Crippen LogP contribution in [0.3, 0.4) is 0 Å². The van der Waals surface area contributed by atoms with Crippen LogP contribution in [0, 0.1) is 11.3 Å². The van der Waals surface area contributed by atoms with Gasteiger partial charge in [-0.05, 0) is 52.4 Å². The van der Waals surface area contributed by atoms with Crippen LogP contribution in [-0.2, 0) is 4.79 Å². The molecule has 0 atom stereocenters. The molecule has 1 amide bonds. The summed E-state index contributed by atoms with van der Waals surface area (Å²) in [6.07, 6.45) is 5.06. The second-order valence-corrected chi connectivity index (χ2v) is 6.04. The number of nitrogens with zero attached hydrogens (tertiary/aromatic N) is 1. The Labute approximate surface area is 98.7 Å². The van der Waals surface area contributed by atoms with Crippen molar-refractivity contribution in [3.8, 4) is 0 Å². The Hall–Kier alpha value is -0.790. The maximum Gasteiger partial charge on any atom is 0.232 e. The number of hydrogen-bond donors (Lipinski definition) is 0. The number of hydrogen-bond acceptors (Lipinski definition) is 1. The molecule has 3 fully saturated rings. The van der Waals surface area contributed by atoms with Crippen molar-refractivity contribution in [2.24, 2.45) is 11.3 Å². The van der Waals surface area contributed by atoms with Crippen molar-refractivity contribution >= 4 is 5.91 Å². The zero-order valence-corrected chi connectivity index (χ0v) is 10.8. The Kier molecular flexibility index (Phi) is 2.85. The summed E-state index contributed by atoms with van der Waals surface area (Å²) in [5.74, 6) is 1.05. The van der Waals surface area contributed by atoms with E-state index < -0.39 is 5.41 Å². The zero-order chi connectivity index (χ0) is 11.9. The van der Waals surface area contributed by atoms with E-state index in [0.717, 1.165) is 18.0 Å². The van der Waals surface area contributed by atoms with Crippen molar-refractivity contribution < 1.29 is 4.79 Å². The Morgan fingerprint density at radius 1 is 1.25 bits per heavy atom. The van der Waals surface area contributed by atoms with Crippen LogP contribution in [-0.4, -0.2) is 23.4 Å². The summed E-state index contributed by atoms with van der Waals surface area (Å²) >= 11 is 0. The first-order valence-corrected chi connectivity index (χ1v) is 6.40. The number of fused-ring (bicyclic) bond motifs is 3. The van der Waals surface area contributed by atoms with Gasteiger partial charge in [0.15, 0.2) is 0 Å². The smallest absolute Gasteiger partial charge is 0.232 e. The fourth-order valence-electron chi connectivity index (χ4n) is 2.86. The molecule has 0 radical (unpaired) electrons. The lowest BCUT2D eigenvalue weighted by molar-refractivity contribution is -0.146. The van der Waals surface area contributed by atoms with Crippen LogP contribution in [0.5, 0.6) is 0 Å².